The van der Waals surface area contributed by atoms with Crippen molar-refractivity contribution in [1.29, 1.82) is 0 Å². The fraction of sp³-hybridized carbons (Fsp3) is 0.308. The van der Waals surface area contributed by atoms with E-state index in [9.17, 15) is 14.7 Å². The molecule has 1 unspecified atom stereocenters. The first-order valence-corrected chi connectivity index (χ1v) is 7.13. The van der Waals surface area contributed by atoms with Gasteiger partial charge in [-0.25, -0.2) is 9.48 Å². The molecule has 0 spiro atoms. The molecule has 0 bridgehead atoms. The number of thiophene rings is 1. The lowest BCUT2D eigenvalue weighted by Gasteiger charge is -2.14. The average molecular weight is 291 g/mol. The van der Waals surface area contributed by atoms with Crippen LogP contribution in [0.5, 0.6) is 0 Å². The van der Waals surface area contributed by atoms with Crippen LogP contribution < -0.4 is 5.56 Å². The maximum absolute atomic E-state index is 12.5. The highest BCUT2D eigenvalue weighted by Crippen LogP contribution is 2.24. The number of carboxylic acids is 1. The Balaban J connectivity index is 2.39. The van der Waals surface area contributed by atoms with Gasteiger partial charge < -0.3 is 5.11 Å². The van der Waals surface area contributed by atoms with Crippen LogP contribution in [0, 0.1) is 6.92 Å². The van der Waals surface area contributed by atoms with Crippen molar-refractivity contribution >= 4 is 33.0 Å². The lowest BCUT2D eigenvalue weighted by molar-refractivity contribution is -0.141. The average Bonchev–Trinajstić information content (AvgIpc) is 2.95. The number of aryl methyl sites for hydroxylation is 1. The molecule has 3 heterocycles. The van der Waals surface area contributed by atoms with Crippen LogP contribution in [0.3, 0.4) is 0 Å². The summed E-state index contributed by atoms with van der Waals surface area (Å²) in [4.78, 5) is 23.7. The highest BCUT2D eigenvalue weighted by Gasteiger charge is 2.22. The van der Waals surface area contributed by atoms with Crippen molar-refractivity contribution in [3.8, 4) is 0 Å². The van der Waals surface area contributed by atoms with Crippen molar-refractivity contribution in [2.75, 3.05) is 0 Å². The zero-order valence-electron chi connectivity index (χ0n) is 11.0. The van der Waals surface area contributed by atoms with Crippen molar-refractivity contribution in [2.24, 2.45) is 0 Å². The Morgan fingerprint density at radius 3 is 2.90 bits per heavy atom. The molecule has 0 saturated heterocycles. The van der Waals surface area contributed by atoms with Gasteiger partial charge in [-0.15, -0.1) is 11.3 Å². The van der Waals surface area contributed by atoms with Crippen molar-refractivity contribution < 1.29 is 9.90 Å². The largest absolute Gasteiger partial charge is 0.480 e. The van der Waals surface area contributed by atoms with Crippen molar-refractivity contribution in [2.45, 2.75) is 26.3 Å². The van der Waals surface area contributed by atoms with Gasteiger partial charge in [-0.05, 0) is 30.9 Å². The second-order valence-corrected chi connectivity index (χ2v) is 5.54. The lowest BCUT2D eigenvalue weighted by atomic mass is 10.2. The minimum atomic E-state index is -1.04. The van der Waals surface area contributed by atoms with Gasteiger partial charge in [0.1, 0.15) is 11.3 Å². The number of nitrogens with zero attached hydrogens (tertiary/aromatic N) is 3. The van der Waals surface area contributed by atoms with E-state index in [0.717, 1.165) is 14.9 Å². The van der Waals surface area contributed by atoms with E-state index in [0.29, 0.717) is 17.8 Å². The summed E-state index contributed by atoms with van der Waals surface area (Å²) in [6.07, 6.45) is 0.312. The van der Waals surface area contributed by atoms with E-state index in [1.807, 2.05) is 11.4 Å². The summed E-state index contributed by atoms with van der Waals surface area (Å²) in [5, 5.41) is 15.3. The van der Waals surface area contributed by atoms with Crippen molar-refractivity contribution in [3.63, 3.8) is 0 Å². The molecule has 3 rings (SSSR count). The van der Waals surface area contributed by atoms with Gasteiger partial charge in [0.05, 0.1) is 10.2 Å². The Morgan fingerprint density at radius 2 is 2.25 bits per heavy atom. The number of carboxylic acid groups (broad SMARTS) is 1. The molecular weight excluding hydrogens is 278 g/mol. The molecule has 1 N–H and O–H groups in total. The second kappa shape index (κ2) is 4.45. The fourth-order valence-corrected chi connectivity index (χ4v) is 3.26. The normalized spacial score (nSPS) is 13.1. The Kier molecular flexibility index (Phi) is 2.86. The van der Waals surface area contributed by atoms with Gasteiger partial charge in [-0.3, -0.25) is 9.20 Å². The number of aliphatic carboxylic acids is 1. The number of rotatable bonds is 3. The molecule has 0 saturated carbocycles. The maximum atomic E-state index is 12.5. The van der Waals surface area contributed by atoms with Crippen LogP contribution in [0.4, 0.5) is 0 Å². The first-order valence-electron chi connectivity index (χ1n) is 6.25. The number of carbonyl (C=O) groups is 1. The van der Waals surface area contributed by atoms with Gasteiger partial charge in [-0.2, -0.15) is 5.10 Å². The number of aromatic nitrogens is 3. The zero-order chi connectivity index (χ0) is 14.4. The Morgan fingerprint density at radius 1 is 1.50 bits per heavy atom. The van der Waals surface area contributed by atoms with Crippen LogP contribution >= 0.6 is 11.3 Å². The third-order valence-corrected chi connectivity index (χ3v) is 4.25. The smallest absolute Gasteiger partial charge is 0.328 e. The van der Waals surface area contributed by atoms with Crippen LogP contribution in [0.1, 0.15) is 25.2 Å². The monoisotopic (exact) mass is 291 g/mol. The Hall–Kier alpha value is -2.15. The first-order chi connectivity index (χ1) is 9.54. The summed E-state index contributed by atoms with van der Waals surface area (Å²) in [5.74, 6) is -0.438. The molecule has 3 aromatic heterocycles. The quantitative estimate of drug-likeness (QED) is 0.801. The predicted molar refractivity (Wildman–Crippen MR) is 76.5 cm³/mol. The molecule has 0 amide bonds. The van der Waals surface area contributed by atoms with Crippen LogP contribution in [0.2, 0.25) is 0 Å². The minimum Gasteiger partial charge on any atom is -0.480 e. The molecule has 1 atom stereocenters. The highest BCUT2D eigenvalue weighted by atomic mass is 32.1. The summed E-state index contributed by atoms with van der Waals surface area (Å²) in [7, 11) is 0. The summed E-state index contributed by atoms with van der Waals surface area (Å²) >= 11 is 1.54. The molecule has 0 aliphatic carbocycles. The van der Waals surface area contributed by atoms with E-state index in [-0.39, 0.29) is 5.56 Å². The van der Waals surface area contributed by atoms with E-state index < -0.39 is 12.0 Å². The SMILES string of the molecule is CCC(C(=O)O)n1nc(C)n2c(cc3sccc32)c1=O. The van der Waals surface area contributed by atoms with E-state index in [4.69, 9.17) is 0 Å². The summed E-state index contributed by atoms with van der Waals surface area (Å²) in [5.41, 5.74) is 1.04. The van der Waals surface area contributed by atoms with Crippen LogP contribution in [0.15, 0.2) is 22.3 Å². The standard InChI is InChI=1S/C13H13N3O3S/c1-3-8(13(18)19)16-12(17)10-6-11-9(4-5-20-11)15(10)7(2)14-16/h4-6,8H,3H2,1-2H3,(H,18,19). The van der Waals surface area contributed by atoms with Gasteiger partial charge in [0.15, 0.2) is 6.04 Å². The van der Waals surface area contributed by atoms with Gasteiger partial charge in [-0.1, -0.05) is 6.92 Å². The van der Waals surface area contributed by atoms with Crippen molar-refractivity contribution in [1.82, 2.24) is 14.2 Å². The van der Waals surface area contributed by atoms with Gasteiger partial charge in [0, 0.05) is 0 Å². The Bertz CT molecular complexity index is 874. The van der Waals surface area contributed by atoms with Crippen LogP contribution in [-0.4, -0.2) is 25.3 Å². The van der Waals surface area contributed by atoms with Crippen LogP contribution in [-0.2, 0) is 4.79 Å². The Labute approximate surface area is 117 Å². The summed E-state index contributed by atoms with van der Waals surface area (Å²) < 4.78 is 3.85. The van der Waals surface area contributed by atoms with Crippen molar-refractivity contribution in [3.05, 3.63) is 33.7 Å². The number of fused-ring (bicyclic) bond motifs is 3. The third-order valence-electron chi connectivity index (χ3n) is 3.39. The van der Waals surface area contributed by atoms with E-state index in [1.165, 1.54) is 0 Å². The lowest BCUT2D eigenvalue weighted by Crippen LogP contribution is -2.33. The topological polar surface area (TPSA) is 76.6 Å². The first kappa shape index (κ1) is 12.9. The molecule has 0 aliphatic rings. The summed E-state index contributed by atoms with van der Waals surface area (Å²) in [6.45, 7) is 3.50. The maximum Gasteiger partial charge on any atom is 0.328 e. The molecule has 0 fully saturated rings. The van der Waals surface area contributed by atoms with E-state index in [2.05, 4.69) is 5.10 Å². The zero-order valence-corrected chi connectivity index (χ0v) is 11.8. The molecule has 20 heavy (non-hydrogen) atoms. The fourth-order valence-electron chi connectivity index (χ4n) is 2.46. The van der Waals surface area contributed by atoms with Gasteiger partial charge in [0.2, 0.25) is 0 Å². The van der Waals surface area contributed by atoms with Gasteiger partial charge >= 0.3 is 5.97 Å². The predicted octanol–water partition coefficient (Wildman–Crippen LogP) is 2.05. The molecule has 0 aromatic carbocycles. The number of hydrogen-bond donors (Lipinski definition) is 1. The molecule has 104 valence electrons. The second-order valence-electron chi connectivity index (χ2n) is 4.59. The molecule has 0 radical (unpaired) electrons. The summed E-state index contributed by atoms with van der Waals surface area (Å²) in [6, 6.07) is 2.79. The molecule has 6 nitrogen and oxygen atoms in total. The molecule has 7 heteroatoms. The van der Waals surface area contributed by atoms with E-state index >= 15 is 0 Å². The minimum absolute atomic E-state index is 0.312. The third kappa shape index (κ3) is 1.66. The van der Waals surface area contributed by atoms with Gasteiger partial charge in [0.25, 0.3) is 5.56 Å². The molecule has 0 aliphatic heterocycles. The molecule has 3 aromatic rings. The number of hydrogen-bond acceptors (Lipinski definition) is 4. The van der Waals surface area contributed by atoms with Crippen LogP contribution in [0.25, 0.3) is 15.7 Å². The molecular formula is C13H13N3O3S. The highest BCUT2D eigenvalue weighted by molar-refractivity contribution is 7.17. The van der Waals surface area contributed by atoms with E-state index in [1.54, 1.807) is 35.7 Å².